The third-order valence-electron chi connectivity index (χ3n) is 9.88. The normalized spacial score (nSPS) is 20.1. The number of unbranched alkanes of at least 4 members (excludes halogenated alkanes) is 1. The van der Waals surface area contributed by atoms with Crippen molar-refractivity contribution in [1.29, 1.82) is 0 Å². The monoisotopic (exact) mass is 689 g/mol. The number of benzene rings is 3. The smallest absolute Gasteiger partial charge is 0.305 e. The van der Waals surface area contributed by atoms with Crippen molar-refractivity contribution in [3.63, 3.8) is 0 Å². The molecule has 3 aromatic carbocycles. The number of aliphatic carboxylic acids is 1. The van der Waals surface area contributed by atoms with E-state index < -0.39 is 11.6 Å². The number of aliphatic imine (C=N–C) groups is 1. The number of carbonyl (C=O) groups excluding carboxylic acids is 2. The van der Waals surface area contributed by atoms with Gasteiger partial charge < -0.3 is 15.3 Å². The van der Waals surface area contributed by atoms with Crippen LogP contribution in [-0.2, 0) is 9.59 Å². The molecular formula is C39H45Cl2N3O4. The predicted octanol–water partition coefficient (Wildman–Crippen LogP) is 9.36. The number of nitrogens with zero attached hydrogens (tertiary/aromatic N) is 2. The maximum absolute atomic E-state index is 14.7. The molecule has 2 N–H and O–H groups in total. The van der Waals surface area contributed by atoms with Crippen LogP contribution in [0.3, 0.4) is 0 Å². The Balaban J connectivity index is 1.49. The van der Waals surface area contributed by atoms with E-state index >= 15 is 0 Å². The highest BCUT2D eigenvalue weighted by molar-refractivity contribution is 6.46. The highest BCUT2D eigenvalue weighted by Crippen LogP contribution is 2.50. The molecule has 3 aromatic rings. The van der Waals surface area contributed by atoms with E-state index in [2.05, 4.69) is 37.9 Å². The number of halogens is 2. The average molecular weight is 691 g/mol. The maximum Gasteiger partial charge on any atom is 0.305 e. The molecule has 2 amide bonds. The molecule has 1 heterocycles. The van der Waals surface area contributed by atoms with Crippen molar-refractivity contribution in [3.8, 4) is 11.1 Å². The Morgan fingerprint density at radius 1 is 0.958 bits per heavy atom. The summed E-state index contributed by atoms with van der Waals surface area (Å²) < 4.78 is 0. The van der Waals surface area contributed by atoms with Crippen LogP contribution in [0.15, 0.2) is 71.7 Å². The number of hydrogen-bond donors (Lipinski definition) is 2. The molecule has 1 fully saturated rings. The van der Waals surface area contributed by atoms with Gasteiger partial charge in [-0.1, -0.05) is 100 Å². The van der Waals surface area contributed by atoms with E-state index in [-0.39, 0.29) is 36.2 Å². The van der Waals surface area contributed by atoms with Crippen molar-refractivity contribution >= 4 is 46.7 Å². The highest BCUT2D eigenvalue weighted by Gasteiger charge is 2.52. The Kier molecular flexibility index (Phi) is 11.0. The van der Waals surface area contributed by atoms with E-state index in [1.165, 1.54) is 0 Å². The largest absolute Gasteiger partial charge is 0.481 e. The first-order chi connectivity index (χ1) is 22.8. The number of nitrogens with one attached hydrogen (secondary N) is 1. The molecule has 0 bridgehead atoms. The fraction of sp³-hybridized carbons (Fsp3) is 0.436. The van der Waals surface area contributed by atoms with Gasteiger partial charge in [-0.05, 0) is 90.5 Å². The van der Waals surface area contributed by atoms with Gasteiger partial charge in [-0.25, -0.2) is 0 Å². The lowest BCUT2D eigenvalue weighted by Crippen LogP contribution is -2.51. The van der Waals surface area contributed by atoms with E-state index in [9.17, 15) is 14.4 Å². The maximum atomic E-state index is 14.7. The first-order valence-corrected chi connectivity index (χ1v) is 17.7. The van der Waals surface area contributed by atoms with Gasteiger partial charge >= 0.3 is 5.97 Å². The Morgan fingerprint density at radius 3 is 2.12 bits per heavy atom. The minimum atomic E-state index is -0.964. The fourth-order valence-corrected chi connectivity index (χ4v) is 7.68. The summed E-state index contributed by atoms with van der Waals surface area (Å²) in [5.74, 6) is -0.819. The van der Waals surface area contributed by atoms with Gasteiger partial charge in [-0.2, -0.15) is 0 Å². The first kappa shape index (κ1) is 35.6. The summed E-state index contributed by atoms with van der Waals surface area (Å²) in [6.45, 7) is 9.08. The molecule has 2 aliphatic rings. The fourth-order valence-electron chi connectivity index (χ4n) is 7.16. The Labute approximate surface area is 293 Å². The highest BCUT2D eigenvalue weighted by atomic mass is 35.5. The minimum absolute atomic E-state index is 0.0589. The first-order valence-electron chi connectivity index (χ1n) is 16.9. The van der Waals surface area contributed by atoms with Gasteiger partial charge in [-0.15, -0.1) is 0 Å². The number of carboxylic acid groups (broad SMARTS) is 1. The van der Waals surface area contributed by atoms with Gasteiger partial charge in [-0.3, -0.25) is 19.4 Å². The topological polar surface area (TPSA) is 99.1 Å². The van der Waals surface area contributed by atoms with E-state index in [0.717, 1.165) is 67.2 Å². The van der Waals surface area contributed by atoms with Crippen LogP contribution in [-0.4, -0.2) is 45.7 Å². The number of carboxylic acids is 1. The van der Waals surface area contributed by atoms with Crippen LogP contribution < -0.4 is 5.32 Å². The molecule has 48 heavy (non-hydrogen) atoms. The lowest BCUT2D eigenvalue weighted by Gasteiger charge is -2.47. The zero-order chi connectivity index (χ0) is 34.6. The van der Waals surface area contributed by atoms with E-state index in [4.69, 9.17) is 33.3 Å². The van der Waals surface area contributed by atoms with Crippen molar-refractivity contribution in [2.24, 2.45) is 16.3 Å². The van der Waals surface area contributed by atoms with Crippen molar-refractivity contribution < 1.29 is 19.5 Å². The minimum Gasteiger partial charge on any atom is -0.481 e. The Morgan fingerprint density at radius 2 is 1.56 bits per heavy atom. The molecule has 1 saturated carbocycles. The molecule has 7 nitrogen and oxygen atoms in total. The molecule has 254 valence electrons. The van der Waals surface area contributed by atoms with Crippen LogP contribution in [0, 0.1) is 11.3 Å². The van der Waals surface area contributed by atoms with Crippen LogP contribution in [0.1, 0.15) is 107 Å². The molecule has 9 heteroatoms. The second-order valence-electron chi connectivity index (χ2n) is 14.2. The van der Waals surface area contributed by atoms with E-state index in [0.29, 0.717) is 27.2 Å². The molecule has 1 atom stereocenters. The van der Waals surface area contributed by atoms with Crippen molar-refractivity contribution in [2.45, 2.75) is 90.8 Å². The number of hydrogen-bond acceptors (Lipinski definition) is 4. The van der Waals surface area contributed by atoms with Gasteiger partial charge in [0.15, 0.2) is 0 Å². The Hall–Kier alpha value is -3.68. The van der Waals surface area contributed by atoms with Crippen LogP contribution in [0.25, 0.3) is 11.1 Å². The molecule has 0 saturated heterocycles. The summed E-state index contributed by atoms with van der Waals surface area (Å²) in [7, 11) is 0. The molecule has 1 aliphatic heterocycles. The van der Waals surface area contributed by atoms with E-state index in [1.807, 2.05) is 48.5 Å². The van der Waals surface area contributed by atoms with E-state index in [1.54, 1.807) is 18.2 Å². The second kappa shape index (κ2) is 14.8. The second-order valence-corrected chi connectivity index (χ2v) is 15.0. The van der Waals surface area contributed by atoms with Crippen molar-refractivity contribution in [2.75, 3.05) is 6.54 Å². The van der Waals surface area contributed by atoms with Crippen LogP contribution >= 0.6 is 23.2 Å². The number of carbonyl (C=O) groups is 3. The van der Waals surface area contributed by atoms with Crippen LogP contribution in [0.4, 0.5) is 0 Å². The van der Waals surface area contributed by atoms with Crippen LogP contribution in [0.2, 0.25) is 10.0 Å². The number of rotatable bonds is 11. The molecule has 0 radical (unpaired) electrons. The lowest BCUT2D eigenvalue weighted by atomic mass is 9.69. The molecule has 1 spiro atoms. The van der Waals surface area contributed by atoms with Crippen molar-refractivity contribution in [3.05, 3.63) is 93.5 Å². The molecule has 1 unspecified atom stereocenters. The molecular weight excluding hydrogens is 645 g/mol. The van der Waals surface area contributed by atoms with Gasteiger partial charge in [0.2, 0.25) is 0 Å². The third-order valence-corrected chi connectivity index (χ3v) is 10.3. The predicted molar refractivity (Wildman–Crippen MR) is 193 cm³/mol. The van der Waals surface area contributed by atoms with Gasteiger partial charge in [0.05, 0.1) is 12.5 Å². The average Bonchev–Trinajstić information content (AvgIpc) is 3.31. The summed E-state index contributed by atoms with van der Waals surface area (Å²) >= 11 is 12.5. The summed E-state index contributed by atoms with van der Waals surface area (Å²) in [4.78, 5) is 45.6. The quantitative estimate of drug-likeness (QED) is 0.210. The third kappa shape index (κ3) is 7.95. The zero-order valence-corrected chi connectivity index (χ0v) is 29.7. The van der Waals surface area contributed by atoms with Gasteiger partial charge in [0.25, 0.3) is 11.8 Å². The van der Waals surface area contributed by atoms with Gasteiger partial charge in [0, 0.05) is 27.7 Å². The standard InChI is InChI=1S/C39H45Cl2N3O4/c1-5-6-7-33(26-10-14-28(15-11-26)36(47)42-21-18-34(45)46)44-37(48)35(43-39(44)19-16-30(17-20-39)38(2,3)4)27-12-8-25(9-13-27)29-22-31(40)24-32(41)23-29/h8-15,22-24,30,33H,5-7,16-21H2,1-4H3,(H,42,47)(H,45,46). The summed E-state index contributed by atoms with van der Waals surface area (Å²) in [5, 5.41) is 12.7. The zero-order valence-electron chi connectivity index (χ0n) is 28.2. The summed E-state index contributed by atoms with van der Waals surface area (Å²) in [6, 6.07) is 20.5. The molecule has 0 aromatic heterocycles. The summed E-state index contributed by atoms with van der Waals surface area (Å²) in [5.41, 5.74) is 4.03. The number of amides is 2. The molecule has 1 aliphatic carbocycles. The SMILES string of the molecule is CCCCC(c1ccc(C(=O)NCCC(=O)O)cc1)N1C(=O)C(c2ccc(-c3cc(Cl)cc(Cl)c3)cc2)=NC12CCC(C(C)(C)C)CC2. The Bertz CT molecular complexity index is 1650. The summed E-state index contributed by atoms with van der Waals surface area (Å²) in [6.07, 6.45) is 6.07. The lowest BCUT2D eigenvalue weighted by molar-refractivity contribution is -0.137. The molecule has 5 rings (SSSR count). The van der Waals surface area contributed by atoms with Crippen molar-refractivity contribution in [1.82, 2.24) is 10.2 Å². The van der Waals surface area contributed by atoms with Crippen LogP contribution in [0.5, 0.6) is 0 Å². The van der Waals surface area contributed by atoms with Gasteiger partial charge in [0.1, 0.15) is 11.4 Å².